The van der Waals surface area contributed by atoms with Crippen LogP contribution in [0.3, 0.4) is 0 Å². The first-order valence-electron chi connectivity index (χ1n) is 7.96. The van der Waals surface area contributed by atoms with Crippen LogP contribution in [-0.2, 0) is 4.79 Å². The van der Waals surface area contributed by atoms with E-state index in [0.29, 0.717) is 28.4 Å². The number of likely N-dealkylation sites (N-methyl/N-ethyl adjacent to an activating group) is 1. The lowest BCUT2D eigenvalue weighted by Gasteiger charge is -2.15. The average molecular weight is 357 g/mol. The Morgan fingerprint density at radius 3 is 1.88 bits per heavy atom. The third-order valence-electron chi connectivity index (χ3n) is 3.87. The van der Waals surface area contributed by atoms with Gasteiger partial charge in [0.1, 0.15) is 5.75 Å². The van der Waals surface area contributed by atoms with Crippen LogP contribution >= 0.6 is 0 Å². The van der Waals surface area contributed by atoms with E-state index in [-0.39, 0.29) is 5.91 Å². The lowest BCUT2D eigenvalue weighted by atomic mass is 10.0. The van der Waals surface area contributed by atoms with Gasteiger partial charge in [0, 0.05) is 12.6 Å². The van der Waals surface area contributed by atoms with Gasteiger partial charge < -0.3 is 24.3 Å². The molecule has 0 aliphatic heterocycles. The van der Waals surface area contributed by atoms with Crippen molar-refractivity contribution >= 4 is 17.6 Å². The number of amides is 1. The highest BCUT2D eigenvalue weighted by Gasteiger charge is 2.18. The number of carbonyl (C=O) groups is 1. The van der Waals surface area contributed by atoms with Crippen molar-refractivity contribution in [2.45, 2.75) is 0 Å². The van der Waals surface area contributed by atoms with Gasteiger partial charge in [0.05, 0.1) is 28.4 Å². The molecule has 0 atom stereocenters. The number of rotatable bonds is 7. The molecule has 0 aromatic heterocycles. The highest BCUT2D eigenvalue weighted by molar-refractivity contribution is 6.24. The number of benzene rings is 2. The van der Waals surface area contributed by atoms with Crippen molar-refractivity contribution in [3.05, 3.63) is 47.5 Å². The standard InChI is InChI=1S/C20H23NO5/c1-21-20(22)16(10-13-6-8-15(23-2)9-7-13)14-11-17(24-3)19(26-5)18(12-14)25-4/h6-12H,1-5H3,(H,21,22)/b16-10-. The van der Waals surface area contributed by atoms with Crippen molar-refractivity contribution in [2.75, 3.05) is 35.5 Å². The molecule has 0 saturated heterocycles. The van der Waals surface area contributed by atoms with E-state index in [1.807, 2.05) is 24.3 Å². The summed E-state index contributed by atoms with van der Waals surface area (Å²) in [6, 6.07) is 10.9. The fourth-order valence-corrected chi connectivity index (χ4v) is 2.52. The second kappa shape index (κ2) is 8.80. The molecule has 0 spiro atoms. The topological polar surface area (TPSA) is 66.0 Å². The van der Waals surface area contributed by atoms with Crippen LogP contribution in [0.5, 0.6) is 23.0 Å². The predicted octanol–water partition coefficient (Wildman–Crippen LogP) is 3.01. The van der Waals surface area contributed by atoms with Crippen LogP contribution in [-0.4, -0.2) is 41.4 Å². The van der Waals surface area contributed by atoms with Gasteiger partial charge in [0.25, 0.3) is 5.91 Å². The van der Waals surface area contributed by atoms with Crippen molar-refractivity contribution in [1.82, 2.24) is 5.32 Å². The molecular formula is C20H23NO5. The summed E-state index contributed by atoms with van der Waals surface area (Å²) in [5, 5.41) is 2.67. The minimum absolute atomic E-state index is 0.227. The van der Waals surface area contributed by atoms with Crippen LogP contribution in [0.4, 0.5) is 0 Å². The van der Waals surface area contributed by atoms with E-state index in [4.69, 9.17) is 18.9 Å². The molecule has 2 aromatic carbocycles. The molecule has 6 nitrogen and oxygen atoms in total. The predicted molar refractivity (Wildman–Crippen MR) is 101 cm³/mol. The summed E-state index contributed by atoms with van der Waals surface area (Å²) in [6.45, 7) is 0. The summed E-state index contributed by atoms with van der Waals surface area (Å²) < 4.78 is 21.3. The van der Waals surface area contributed by atoms with E-state index < -0.39 is 0 Å². The van der Waals surface area contributed by atoms with Gasteiger partial charge in [-0.05, 0) is 41.5 Å². The summed E-state index contributed by atoms with van der Waals surface area (Å²) in [5.74, 6) is 1.95. The maximum absolute atomic E-state index is 12.5. The van der Waals surface area contributed by atoms with Crippen molar-refractivity contribution < 1.29 is 23.7 Å². The van der Waals surface area contributed by atoms with E-state index in [0.717, 1.165) is 11.3 Å². The van der Waals surface area contributed by atoms with Gasteiger partial charge in [-0.15, -0.1) is 0 Å². The smallest absolute Gasteiger partial charge is 0.251 e. The lowest BCUT2D eigenvalue weighted by Crippen LogP contribution is -2.19. The first-order chi connectivity index (χ1) is 12.6. The highest BCUT2D eigenvalue weighted by Crippen LogP contribution is 2.40. The Kier molecular flexibility index (Phi) is 6.49. The minimum Gasteiger partial charge on any atom is -0.497 e. The molecule has 0 radical (unpaired) electrons. The summed E-state index contributed by atoms with van der Waals surface area (Å²) in [4.78, 5) is 12.5. The molecule has 0 aliphatic rings. The molecule has 0 unspecified atom stereocenters. The molecule has 0 heterocycles. The second-order valence-electron chi connectivity index (χ2n) is 5.32. The molecule has 1 amide bonds. The van der Waals surface area contributed by atoms with E-state index in [2.05, 4.69) is 5.32 Å². The first-order valence-corrected chi connectivity index (χ1v) is 7.96. The van der Waals surface area contributed by atoms with Gasteiger partial charge in [-0.25, -0.2) is 0 Å². The highest BCUT2D eigenvalue weighted by atomic mass is 16.5. The largest absolute Gasteiger partial charge is 0.497 e. The third kappa shape index (κ3) is 4.08. The average Bonchev–Trinajstić information content (AvgIpc) is 2.70. The number of nitrogens with one attached hydrogen (secondary N) is 1. The summed E-state index contributed by atoms with van der Waals surface area (Å²) >= 11 is 0. The van der Waals surface area contributed by atoms with Gasteiger partial charge in [0.2, 0.25) is 5.75 Å². The molecule has 0 saturated carbocycles. The van der Waals surface area contributed by atoms with Crippen molar-refractivity contribution in [3.63, 3.8) is 0 Å². The molecule has 0 aliphatic carbocycles. The Balaban J connectivity index is 2.59. The van der Waals surface area contributed by atoms with Crippen molar-refractivity contribution in [3.8, 4) is 23.0 Å². The van der Waals surface area contributed by atoms with E-state index in [1.54, 1.807) is 32.4 Å². The van der Waals surface area contributed by atoms with Crippen LogP contribution in [0.2, 0.25) is 0 Å². The van der Waals surface area contributed by atoms with Crippen LogP contribution in [0.15, 0.2) is 36.4 Å². The molecule has 138 valence electrons. The fourth-order valence-electron chi connectivity index (χ4n) is 2.52. The number of hydrogen-bond acceptors (Lipinski definition) is 5. The van der Waals surface area contributed by atoms with Crippen LogP contribution in [0, 0.1) is 0 Å². The van der Waals surface area contributed by atoms with Crippen molar-refractivity contribution in [1.29, 1.82) is 0 Å². The molecule has 2 aromatic rings. The van der Waals surface area contributed by atoms with Crippen LogP contribution < -0.4 is 24.3 Å². The number of methoxy groups -OCH3 is 4. The van der Waals surface area contributed by atoms with Crippen LogP contribution in [0.1, 0.15) is 11.1 Å². The zero-order valence-electron chi connectivity index (χ0n) is 15.6. The summed E-state index contributed by atoms with van der Waals surface area (Å²) in [7, 11) is 7.80. The maximum atomic E-state index is 12.5. The molecule has 1 N–H and O–H groups in total. The Bertz CT molecular complexity index is 771. The number of hydrogen-bond donors (Lipinski definition) is 1. The molecule has 6 heteroatoms. The van der Waals surface area contributed by atoms with E-state index in [9.17, 15) is 4.79 Å². The Hall–Kier alpha value is -3.15. The molecule has 2 rings (SSSR count). The van der Waals surface area contributed by atoms with Crippen LogP contribution in [0.25, 0.3) is 11.6 Å². The number of carbonyl (C=O) groups excluding carboxylic acids is 1. The second-order valence-corrected chi connectivity index (χ2v) is 5.32. The fraction of sp³-hybridized carbons (Fsp3) is 0.250. The van der Waals surface area contributed by atoms with Gasteiger partial charge in [-0.1, -0.05) is 12.1 Å². The quantitative estimate of drug-likeness (QED) is 0.609. The lowest BCUT2D eigenvalue weighted by molar-refractivity contribution is -0.115. The van der Waals surface area contributed by atoms with E-state index >= 15 is 0 Å². The van der Waals surface area contributed by atoms with Crippen molar-refractivity contribution in [2.24, 2.45) is 0 Å². The Labute approximate surface area is 153 Å². The van der Waals surface area contributed by atoms with E-state index in [1.165, 1.54) is 21.3 Å². The normalized spacial score (nSPS) is 10.9. The monoisotopic (exact) mass is 357 g/mol. The molecule has 26 heavy (non-hydrogen) atoms. The molecule has 0 bridgehead atoms. The van der Waals surface area contributed by atoms with Gasteiger partial charge >= 0.3 is 0 Å². The zero-order valence-corrected chi connectivity index (χ0v) is 15.6. The number of ether oxygens (including phenoxy) is 4. The summed E-state index contributed by atoms with van der Waals surface area (Å²) in [5.41, 5.74) is 1.98. The Morgan fingerprint density at radius 1 is 0.885 bits per heavy atom. The Morgan fingerprint density at radius 2 is 1.46 bits per heavy atom. The minimum atomic E-state index is -0.227. The maximum Gasteiger partial charge on any atom is 0.251 e. The third-order valence-corrected chi connectivity index (χ3v) is 3.87. The van der Waals surface area contributed by atoms with Gasteiger partial charge in [0.15, 0.2) is 11.5 Å². The first kappa shape index (κ1) is 19.2. The SMILES string of the molecule is CNC(=O)/C(=C\c1ccc(OC)cc1)c1cc(OC)c(OC)c(OC)c1. The zero-order chi connectivity index (χ0) is 19.1. The molecular weight excluding hydrogens is 334 g/mol. The van der Waals surface area contributed by atoms with Gasteiger partial charge in [-0.2, -0.15) is 0 Å². The summed E-state index contributed by atoms with van der Waals surface area (Å²) in [6.07, 6.45) is 1.79. The molecule has 0 fully saturated rings. The van der Waals surface area contributed by atoms with Gasteiger partial charge in [-0.3, -0.25) is 4.79 Å².